The van der Waals surface area contributed by atoms with E-state index in [1.165, 1.54) is 0 Å². The third kappa shape index (κ3) is 3.55. The van der Waals surface area contributed by atoms with Crippen LogP contribution in [0.4, 0.5) is 5.69 Å². The average molecular weight is 382 g/mol. The second kappa shape index (κ2) is 7.08. The number of nitrogens with one attached hydrogen (secondary N) is 2. The van der Waals surface area contributed by atoms with Gasteiger partial charge in [0.1, 0.15) is 6.04 Å². The number of hydrogen-bond acceptors (Lipinski definition) is 3. The molecule has 1 atom stereocenters. The van der Waals surface area contributed by atoms with Gasteiger partial charge in [0.25, 0.3) is 5.91 Å². The fraction of sp³-hybridized carbons (Fsp3) is 0.238. The molecule has 0 radical (unpaired) electrons. The number of nitrogens with zero attached hydrogens (tertiary/aromatic N) is 1. The Bertz CT molecular complexity index is 941. The molecular formula is C21H20ClN3O2. The first-order valence-electron chi connectivity index (χ1n) is 8.92. The summed E-state index contributed by atoms with van der Waals surface area (Å²) in [6.45, 7) is 4.89. The predicted molar refractivity (Wildman–Crippen MR) is 105 cm³/mol. The fourth-order valence-corrected chi connectivity index (χ4v) is 3.83. The highest BCUT2D eigenvalue weighted by Crippen LogP contribution is 2.30. The van der Waals surface area contributed by atoms with Crippen molar-refractivity contribution in [3.8, 4) is 0 Å². The molecule has 2 aromatic rings. The molecule has 1 unspecified atom stereocenters. The first-order valence-corrected chi connectivity index (χ1v) is 9.30. The summed E-state index contributed by atoms with van der Waals surface area (Å²) in [6.07, 6.45) is 1.31. The van der Waals surface area contributed by atoms with Gasteiger partial charge in [-0.25, -0.2) is 0 Å². The molecule has 138 valence electrons. The molecule has 6 heteroatoms. The summed E-state index contributed by atoms with van der Waals surface area (Å²) < 4.78 is 0. The van der Waals surface area contributed by atoms with Gasteiger partial charge in [0.05, 0.1) is 0 Å². The third-order valence-electron chi connectivity index (χ3n) is 5.02. The van der Waals surface area contributed by atoms with Gasteiger partial charge in [-0.1, -0.05) is 30.3 Å². The van der Waals surface area contributed by atoms with E-state index in [-0.39, 0.29) is 11.8 Å². The molecule has 1 saturated heterocycles. The van der Waals surface area contributed by atoms with E-state index in [1.807, 2.05) is 42.5 Å². The fourth-order valence-electron chi connectivity index (χ4n) is 3.62. The minimum absolute atomic E-state index is 0.0842. The van der Waals surface area contributed by atoms with Gasteiger partial charge in [-0.05, 0) is 54.3 Å². The first-order chi connectivity index (χ1) is 13.0. The van der Waals surface area contributed by atoms with Crippen LogP contribution in [0.5, 0.6) is 0 Å². The minimum atomic E-state index is -0.432. The van der Waals surface area contributed by atoms with Crippen molar-refractivity contribution in [3.05, 3.63) is 76.5 Å². The molecular weight excluding hydrogens is 362 g/mol. The van der Waals surface area contributed by atoms with Gasteiger partial charge < -0.3 is 15.5 Å². The van der Waals surface area contributed by atoms with Crippen LogP contribution in [0.1, 0.15) is 34.3 Å². The highest BCUT2D eigenvalue weighted by molar-refractivity contribution is 6.30. The van der Waals surface area contributed by atoms with Crippen LogP contribution in [-0.4, -0.2) is 22.8 Å². The average Bonchev–Trinajstić information content (AvgIpc) is 2.96. The van der Waals surface area contributed by atoms with Crippen LogP contribution in [-0.2, 0) is 17.9 Å². The molecule has 2 amide bonds. The molecule has 27 heavy (non-hydrogen) atoms. The highest BCUT2D eigenvalue weighted by atomic mass is 35.5. The van der Waals surface area contributed by atoms with Crippen molar-refractivity contribution < 1.29 is 9.59 Å². The standard InChI is InChI=1S/C21H20ClN3O2/c1-13-5-8-19(20(26)24-13)25-12-15-10-17(6-7-18(15)21(25)27)23-11-14-3-2-4-16(22)9-14/h2-4,6-7,9-10,19,23H,1,5,8,11-12H2,(H,24,26). The van der Waals surface area contributed by atoms with Crippen molar-refractivity contribution in [2.24, 2.45) is 0 Å². The van der Waals surface area contributed by atoms with Crippen molar-refractivity contribution in [1.29, 1.82) is 0 Å². The Morgan fingerprint density at radius 1 is 1.22 bits per heavy atom. The van der Waals surface area contributed by atoms with E-state index >= 15 is 0 Å². The zero-order valence-electron chi connectivity index (χ0n) is 14.8. The molecule has 0 aromatic heterocycles. The Morgan fingerprint density at radius 3 is 2.85 bits per heavy atom. The molecule has 0 spiro atoms. The smallest absolute Gasteiger partial charge is 0.255 e. The SMILES string of the molecule is C=C1CCC(N2Cc3cc(NCc4cccc(Cl)c4)ccc3C2=O)C(=O)N1. The molecule has 2 heterocycles. The number of hydrogen-bond donors (Lipinski definition) is 2. The number of rotatable bonds is 4. The Kier molecular flexibility index (Phi) is 4.62. The lowest BCUT2D eigenvalue weighted by molar-refractivity contribution is -0.126. The van der Waals surface area contributed by atoms with Gasteiger partial charge in [0, 0.05) is 35.1 Å². The van der Waals surface area contributed by atoms with Crippen LogP contribution in [0.3, 0.4) is 0 Å². The summed E-state index contributed by atoms with van der Waals surface area (Å²) in [4.78, 5) is 26.7. The molecule has 5 nitrogen and oxygen atoms in total. The van der Waals surface area contributed by atoms with E-state index in [2.05, 4.69) is 17.2 Å². The summed E-state index contributed by atoms with van der Waals surface area (Å²) in [5, 5.41) is 6.83. The van der Waals surface area contributed by atoms with E-state index in [4.69, 9.17) is 11.6 Å². The maximum atomic E-state index is 12.7. The van der Waals surface area contributed by atoms with Gasteiger partial charge in [-0.3, -0.25) is 9.59 Å². The molecule has 0 saturated carbocycles. The quantitative estimate of drug-likeness (QED) is 0.848. The number of carbonyl (C=O) groups excluding carboxylic acids is 2. The molecule has 2 aromatic carbocycles. The number of carbonyl (C=O) groups is 2. The van der Waals surface area contributed by atoms with Crippen LogP contribution < -0.4 is 10.6 Å². The second-order valence-corrected chi connectivity index (χ2v) is 7.37. The van der Waals surface area contributed by atoms with Gasteiger partial charge in [-0.2, -0.15) is 0 Å². The van der Waals surface area contributed by atoms with Crippen LogP contribution in [0, 0.1) is 0 Å². The van der Waals surface area contributed by atoms with Crippen molar-refractivity contribution in [1.82, 2.24) is 10.2 Å². The van der Waals surface area contributed by atoms with E-state index < -0.39 is 6.04 Å². The van der Waals surface area contributed by atoms with Crippen molar-refractivity contribution in [2.45, 2.75) is 32.0 Å². The van der Waals surface area contributed by atoms with Gasteiger partial charge in [0.2, 0.25) is 5.91 Å². The lowest BCUT2D eigenvalue weighted by Gasteiger charge is -2.30. The number of halogens is 1. The van der Waals surface area contributed by atoms with Crippen LogP contribution in [0.25, 0.3) is 0 Å². The molecule has 2 aliphatic rings. The number of piperidine rings is 1. The zero-order valence-corrected chi connectivity index (χ0v) is 15.6. The molecule has 0 aliphatic carbocycles. The normalized spacial score (nSPS) is 19.1. The van der Waals surface area contributed by atoms with Crippen molar-refractivity contribution >= 4 is 29.1 Å². The van der Waals surface area contributed by atoms with Gasteiger partial charge >= 0.3 is 0 Å². The topological polar surface area (TPSA) is 61.4 Å². The Balaban J connectivity index is 1.47. The Labute approximate surface area is 163 Å². The monoisotopic (exact) mass is 381 g/mol. The van der Waals surface area contributed by atoms with Crippen molar-refractivity contribution in [2.75, 3.05) is 5.32 Å². The number of benzene rings is 2. The molecule has 2 N–H and O–H groups in total. The summed E-state index contributed by atoms with van der Waals surface area (Å²) in [5.41, 5.74) is 4.34. The zero-order chi connectivity index (χ0) is 19.0. The number of fused-ring (bicyclic) bond motifs is 1. The van der Waals surface area contributed by atoms with E-state index in [1.54, 1.807) is 4.90 Å². The Hall–Kier alpha value is -2.79. The highest BCUT2D eigenvalue weighted by Gasteiger charge is 2.38. The summed E-state index contributed by atoms with van der Waals surface area (Å²) in [7, 11) is 0. The molecule has 4 rings (SSSR count). The maximum absolute atomic E-state index is 12.7. The lowest BCUT2D eigenvalue weighted by atomic mass is 10.0. The van der Waals surface area contributed by atoms with Crippen LogP contribution in [0.15, 0.2) is 54.7 Å². The lowest BCUT2D eigenvalue weighted by Crippen LogP contribution is -2.49. The van der Waals surface area contributed by atoms with E-state index in [9.17, 15) is 9.59 Å². The minimum Gasteiger partial charge on any atom is -0.381 e. The first kappa shape index (κ1) is 17.6. The summed E-state index contributed by atoms with van der Waals surface area (Å²) in [5.74, 6) is -0.231. The van der Waals surface area contributed by atoms with Crippen LogP contribution >= 0.6 is 11.6 Å². The molecule has 0 bridgehead atoms. The van der Waals surface area contributed by atoms with E-state index in [0.717, 1.165) is 16.8 Å². The predicted octanol–water partition coefficient (Wildman–Crippen LogP) is 3.70. The van der Waals surface area contributed by atoms with Gasteiger partial charge in [0.15, 0.2) is 0 Å². The number of allylic oxidation sites excluding steroid dienone is 1. The number of anilines is 1. The summed E-state index contributed by atoms with van der Waals surface area (Å²) >= 11 is 6.02. The second-order valence-electron chi connectivity index (χ2n) is 6.94. The molecule has 2 aliphatic heterocycles. The van der Waals surface area contributed by atoms with Crippen molar-refractivity contribution in [3.63, 3.8) is 0 Å². The maximum Gasteiger partial charge on any atom is 0.255 e. The van der Waals surface area contributed by atoms with Crippen LogP contribution in [0.2, 0.25) is 5.02 Å². The molecule has 1 fully saturated rings. The van der Waals surface area contributed by atoms with Gasteiger partial charge in [-0.15, -0.1) is 0 Å². The Morgan fingerprint density at radius 2 is 2.07 bits per heavy atom. The largest absolute Gasteiger partial charge is 0.381 e. The van der Waals surface area contributed by atoms with E-state index in [0.29, 0.717) is 42.2 Å². The number of amides is 2. The summed E-state index contributed by atoms with van der Waals surface area (Å²) in [6, 6.07) is 13.0. The third-order valence-corrected chi connectivity index (χ3v) is 5.26.